The summed E-state index contributed by atoms with van der Waals surface area (Å²) in [6, 6.07) is 0. The molecule has 0 bridgehead atoms. The van der Waals surface area contributed by atoms with Crippen LogP contribution in [0.1, 0.15) is 67.7 Å². The average molecular weight is 385 g/mol. The van der Waals surface area contributed by atoms with Crippen molar-refractivity contribution >= 4 is 5.97 Å². The molecule has 0 aromatic rings. The van der Waals surface area contributed by atoms with Gasteiger partial charge in [-0.05, 0) is 44.1 Å². The third-order valence-corrected chi connectivity index (χ3v) is 6.23. The van der Waals surface area contributed by atoms with Crippen molar-refractivity contribution in [3.8, 4) is 0 Å². The van der Waals surface area contributed by atoms with Crippen LogP contribution in [0.2, 0.25) is 0 Å². The van der Waals surface area contributed by atoms with Crippen molar-refractivity contribution in [2.45, 2.75) is 92.1 Å². The van der Waals surface area contributed by atoms with Gasteiger partial charge in [0, 0.05) is 11.8 Å². The Kier molecular flexibility index (Phi) is 9.46. The molecule has 3 N–H and O–H groups in total. The first-order valence-electron chi connectivity index (χ1n) is 10.4. The van der Waals surface area contributed by atoms with Gasteiger partial charge in [0.25, 0.3) is 0 Å². The summed E-state index contributed by atoms with van der Waals surface area (Å²) in [4.78, 5) is 12.6. The molecule has 1 aliphatic heterocycles. The molecular formula is C22H40O5. The molecule has 5 heteroatoms. The van der Waals surface area contributed by atoms with E-state index >= 15 is 0 Å². The normalized spacial score (nSPS) is 44.7. The van der Waals surface area contributed by atoms with Crippen molar-refractivity contribution < 1.29 is 24.9 Å². The molecule has 0 aromatic carbocycles. The molecule has 0 amide bonds. The average Bonchev–Trinajstić information content (AvgIpc) is 2.62. The highest BCUT2D eigenvalue weighted by atomic mass is 16.5. The van der Waals surface area contributed by atoms with Crippen LogP contribution in [0.5, 0.6) is 0 Å². The zero-order valence-corrected chi connectivity index (χ0v) is 18.1. The molecule has 5 nitrogen and oxygen atoms in total. The topological polar surface area (TPSA) is 87.0 Å². The molecule has 9 unspecified atom stereocenters. The second-order valence-electron chi connectivity index (χ2n) is 8.80. The summed E-state index contributed by atoms with van der Waals surface area (Å²) < 4.78 is 5.72. The molecule has 0 aliphatic carbocycles. The van der Waals surface area contributed by atoms with Gasteiger partial charge >= 0.3 is 5.97 Å². The van der Waals surface area contributed by atoms with E-state index in [1.807, 2.05) is 47.6 Å². The van der Waals surface area contributed by atoms with Crippen molar-refractivity contribution in [1.82, 2.24) is 0 Å². The van der Waals surface area contributed by atoms with Crippen molar-refractivity contribution in [3.05, 3.63) is 11.6 Å². The van der Waals surface area contributed by atoms with Crippen molar-refractivity contribution in [3.63, 3.8) is 0 Å². The zero-order valence-electron chi connectivity index (χ0n) is 18.1. The highest BCUT2D eigenvalue weighted by Gasteiger charge is 2.37. The maximum Gasteiger partial charge on any atom is 0.311 e. The van der Waals surface area contributed by atoms with Crippen LogP contribution in [0.4, 0.5) is 0 Å². The molecule has 0 spiro atoms. The molecular weight excluding hydrogens is 344 g/mol. The molecule has 0 saturated heterocycles. The van der Waals surface area contributed by atoms with Gasteiger partial charge < -0.3 is 20.1 Å². The molecule has 1 aliphatic rings. The van der Waals surface area contributed by atoms with E-state index in [-0.39, 0.29) is 23.7 Å². The summed E-state index contributed by atoms with van der Waals surface area (Å²) in [7, 11) is 0. The molecule has 27 heavy (non-hydrogen) atoms. The predicted molar refractivity (Wildman–Crippen MR) is 107 cm³/mol. The van der Waals surface area contributed by atoms with E-state index in [1.165, 1.54) is 0 Å². The van der Waals surface area contributed by atoms with E-state index in [4.69, 9.17) is 4.74 Å². The highest BCUT2D eigenvalue weighted by Crippen LogP contribution is 2.30. The summed E-state index contributed by atoms with van der Waals surface area (Å²) in [6.45, 7) is 13.3. The van der Waals surface area contributed by atoms with Crippen LogP contribution in [0, 0.1) is 29.6 Å². The lowest BCUT2D eigenvalue weighted by atomic mass is 9.79. The Morgan fingerprint density at radius 3 is 2.19 bits per heavy atom. The molecule has 9 atom stereocenters. The van der Waals surface area contributed by atoms with Gasteiger partial charge in [-0.15, -0.1) is 0 Å². The van der Waals surface area contributed by atoms with Gasteiger partial charge in [-0.2, -0.15) is 0 Å². The van der Waals surface area contributed by atoms with Crippen LogP contribution < -0.4 is 0 Å². The zero-order chi connectivity index (χ0) is 20.9. The van der Waals surface area contributed by atoms with Crippen LogP contribution in [-0.4, -0.2) is 45.7 Å². The Morgan fingerprint density at radius 1 is 1.04 bits per heavy atom. The summed E-state index contributed by atoms with van der Waals surface area (Å²) >= 11 is 0. The van der Waals surface area contributed by atoms with Crippen LogP contribution in [-0.2, 0) is 9.53 Å². The number of rotatable bonds is 2. The fourth-order valence-corrected chi connectivity index (χ4v) is 4.25. The first kappa shape index (κ1) is 24.1. The van der Waals surface area contributed by atoms with E-state index in [9.17, 15) is 20.1 Å². The lowest BCUT2D eigenvalue weighted by molar-refractivity contribution is -0.163. The van der Waals surface area contributed by atoms with Crippen LogP contribution in [0.3, 0.4) is 0 Å². The van der Waals surface area contributed by atoms with Gasteiger partial charge in [0.1, 0.15) is 6.10 Å². The van der Waals surface area contributed by atoms with E-state index in [0.717, 1.165) is 18.4 Å². The van der Waals surface area contributed by atoms with Gasteiger partial charge in [0.15, 0.2) is 0 Å². The lowest BCUT2D eigenvalue weighted by Crippen LogP contribution is -2.44. The highest BCUT2D eigenvalue weighted by molar-refractivity contribution is 5.73. The van der Waals surface area contributed by atoms with Gasteiger partial charge in [-0.1, -0.05) is 47.1 Å². The van der Waals surface area contributed by atoms with Crippen LogP contribution in [0.25, 0.3) is 0 Å². The van der Waals surface area contributed by atoms with Gasteiger partial charge in [0.2, 0.25) is 0 Å². The van der Waals surface area contributed by atoms with Crippen molar-refractivity contribution in [2.24, 2.45) is 29.6 Å². The van der Waals surface area contributed by atoms with E-state index in [0.29, 0.717) is 6.42 Å². The van der Waals surface area contributed by atoms with E-state index < -0.39 is 36.3 Å². The van der Waals surface area contributed by atoms with Crippen LogP contribution >= 0.6 is 0 Å². The first-order valence-corrected chi connectivity index (χ1v) is 10.4. The predicted octanol–water partition coefficient (Wildman–Crippen LogP) is 3.31. The van der Waals surface area contributed by atoms with Crippen molar-refractivity contribution in [1.29, 1.82) is 0 Å². The van der Waals surface area contributed by atoms with Gasteiger partial charge in [0.05, 0.1) is 24.2 Å². The van der Waals surface area contributed by atoms with E-state index in [2.05, 4.69) is 0 Å². The number of carbonyl (C=O) groups is 1. The maximum absolute atomic E-state index is 12.6. The van der Waals surface area contributed by atoms with Gasteiger partial charge in [-0.25, -0.2) is 0 Å². The van der Waals surface area contributed by atoms with Gasteiger partial charge in [-0.3, -0.25) is 4.79 Å². The third kappa shape index (κ3) is 6.30. The number of carbonyl (C=O) groups excluding carboxylic acids is 1. The number of hydrogen-bond acceptors (Lipinski definition) is 5. The Hall–Kier alpha value is -0.910. The second kappa shape index (κ2) is 10.6. The molecule has 1 heterocycles. The second-order valence-corrected chi connectivity index (χ2v) is 8.80. The molecule has 0 saturated carbocycles. The quantitative estimate of drug-likeness (QED) is 0.502. The monoisotopic (exact) mass is 384 g/mol. The Morgan fingerprint density at radius 2 is 1.63 bits per heavy atom. The number of aliphatic hydroxyl groups is 3. The number of hydrogen-bond donors (Lipinski definition) is 3. The fraction of sp³-hybridized carbons (Fsp3) is 0.864. The minimum Gasteiger partial charge on any atom is -0.462 e. The number of cyclic esters (lactones) is 1. The minimum absolute atomic E-state index is 0.00517. The lowest BCUT2D eigenvalue weighted by Gasteiger charge is -2.36. The molecule has 1 rings (SSSR count). The largest absolute Gasteiger partial charge is 0.462 e. The Bertz CT molecular complexity index is 503. The third-order valence-electron chi connectivity index (χ3n) is 6.23. The summed E-state index contributed by atoms with van der Waals surface area (Å²) in [5, 5.41) is 32.2. The standard InChI is InChI=1S/C22H40O5/c1-8-9-18-15(5)21(25)16(6)19(23)13(3)10-12(2)11-14(4)20(24)17(7)22(26)27-18/h11-13,15-21,23-25H,8-10H2,1-7H3/b14-11+. The SMILES string of the molecule is CCCC1OC(=O)C(C)C(O)/C(C)=C/C(C)CC(C)C(O)C(C)C(O)C1C. The molecule has 0 aromatic heterocycles. The number of esters is 1. The minimum atomic E-state index is -0.899. The summed E-state index contributed by atoms with van der Waals surface area (Å²) in [6.07, 6.45) is 1.40. The molecule has 158 valence electrons. The molecule has 0 fully saturated rings. The Labute approximate surface area is 164 Å². The summed E-state index contributed by atoms with van der Waals surface area (Å²) in [5.41, 5.74) is 0.749. The smallest absolute Gasteiger partial charge is 0.311 e. The molecule has 0 radical (unpaired) electrons. The first-order chi connectivity index (χ1) is 12.5. The number of ether oxygens (including phenoxy) is 1. The van der Waals surface area contributed by atoms with Crippen LogP contribution in [0.15, 0.2) is 11.6 Å². The maximum atomic E-state index is 12.6. The number of aliphatic hydroxyl groups excluding tert-OH is 3. The summed E-state index contributed by atoms with van der Waals surface area (Å²) in [5.74, 6) is -1.58. The number of allylic oxidation sites excluding steroid dienone is 1. The fourth-order valence-electron chi connectivity index (χ4n) is 4.25. The van der Waals surface area contributed by atoms with E-state index in [1.54, 1.807) is 6.92 Å². The van der Waals surface area contributed by atoms with Crippen molar-refractivity contribution in [2.75, 3.05) is 0 Å². The Balaban J connectivity index is 3.24.